The summed E-state index contributed by atoms with van der Waals surface area (Å²) in [5, 5.41) is 6.99. The highest BCUT2D eigenvalue weighted by atomic mass is 15.1. The summed E-state index contributed by atoms with van der Waals surface area (Å²) in [4.78, 5) is 0. The third-order valence-corrected chi connectivity index (χ3v) is 2.12. The fourth-order valence-electron chi connectivity index (χ4n) is 1.49. The van der Waals surface area contributed by atoms with Crippen molar-refractivity contribution >= 4 is 0 Å². The van der Waals surface area contributed by atoms with Gasteiger partial charge in [-0.3, -0.25) is 5.10 Å². The smallest absolute Gasteiger partial charge is 0.0522 e. The number of rotatable bonds is 0. The number of hydrogen-bond acceptors (Lipinski definition) is 1. The van der Waals surface area contributed by atoms with Crippen molar-refractivity contribution < 1.29 is 0 Å². The van der Waals surface area contributed by atoms with Gasteiger partial charge in [-0.05, 0) is 37.7 Å². The van der Waals surface area contributed by atoms with E-state index in [0.717, 1.165) is 12.8 Å². The molecule has 2 heteroatoms. The van der Waals surface area contributed by atoms with Crippen LogP contribution in [-0.2, 0) is 12.8 Å². The number of aromatic amines is 1. The second kappa shape index (κ2) is 2.11. The Bertz CT molecular complexity index is 227. The van der Waals surface area contributed by atoms with Crippen molar-refractivity contribution in [2.75, 3.05) is 0 Å². The van der Waals surface area contributed by atoms with Crippen LogP contribution in [0.4, 0.5) is 0 Å². The molecular weight excluding hydrogens is 124 g/mol. The first kappa shape index (κ1) is 5.96. The molecular formula is C8H11N2. The van der Waals surface area contributed by atoms with Gasteiger partial charge in [0.05, 0.1) is 6.20 Å². The molecule has 1 heterocycles. The molecule has 1 atom stereocenters. The molecule has 1 aromatic heterocycles. The fraction of sp³-hybridized carbons (Fsp3) is 0.500. The Morgan fingerprint density at radius 2 is 2.60 bits per heavy atom. The lowest BCUT2D eigenvalue weighted by Crippen LogP contribution is -2.09. The molecule has 0 saturated carbocycles. The molecule has 0 aromatic carbocycles. The van der Waals surface area contributed by atoms with E-state index in [4.69, 9.17) is 0 Å². The highest BCUT2D eigenvalue weighted by molar-refractivity contribution is 5.20. The first-order valence-electron chi connectivity index (χ1n) is 3.70. The van der Waals surface area contributed by atoms with Gasteiger partial charge in [0.25, 0.3) is 0 Å². The largest absolute Gasteiger partial charge is 0.282 e. The lowest BCUT2D eigenvalue weighted by Gasteiger charge is -2.16. The Morgan fingerprint density at radius 3 is 3.50 bits per heavy atom. The van der Waals surface area contributed by atoms with Crippen LogP contribution < -0.4 is 0 Å². The molecule has 0 aliphatic heterocycles. The van der Waals surface area contributed by atoms with E-state index in [9.17, 15) is 0 Å². The SMILES string of the molecule is [CH2]C1CCc2[nH]ncc2C1. The summed E-state index contributed by atoms with van der Waals surface area (Å²) in [5.41, 5.74) is 2.69. The zero-order valence-electron chi connectivity index (χ0n) is 5.93. The minimum atomic E-state index is 0.602. The molecule has 53 valence electrons. The molecule has 1 aliphatic rings. The van der Waals surface area contributed by atoms with Gasteiger partial charge in [0.1, 0.15) is 0 Å². The van der Waals surface area contributed by atoms with Crippen molar-refractivity contribution in [2.45, 2.75) is 19.3 Å². The maximum atomic E-state index is 4.03. The Hall–Kier alpha value is -0.790. The molecule has 0 amide bonds. The standard InChI is InChI=1S/C8H11N2/c1-6-2-3-8-7(4-6)5-9-10-8/h5-6H,1-4H2,(H,9,10). The van der Waals surface area contributed by atoms with Gasteiger partial charge in [0.15, 0.2) is 0 Å². The van der Waals surface area contributed by atoms with Crippen molar-refractivity contribution in [3.05, 3.63) is 24.4 Å². The monoisotopic (exact) mass is 135 g/mol. The van der Waals surface area contributed by atoms with Crippen molar-refractivity contribution in [1.82, 2.24) is 10.2 Å². The van der Waals surface area contributed by atoms with Crippen molar-refractivity contribution in [3.8, 4) is 0 Å². The fourth-order valence-corrected chi connectivity index (χ4v) is 1.49. The first-order valence-corrected chi connectivity index (χ1v) is 3.70. The average molecular weight is 135 g/mol. The minimum Gasteiger partial charge on any atom is -0.282 e. The zero-order chi connectivity index (χ0) is 6.97. The number of aromatic nitrogens is 2. The predicted octanol–water partition coefficient (Wildman–Crippen LogP) is 1.35. The van der Waals surface area contributed by atoms with Crippen LogP contribution in [0.25, 0.3) is 0 Å². The van der Waals surface area contributed by atoms with Gasteiger partial charge in [-0.15, -0.1) is 0 Å². The van der Waals surface area contributed by atoms with Gasteiger partial charge < -0.3 is 0 Å². The van der Waals surface area contributed by atoms with Gasteiger partial charge in [0.2, 0.25) is 0 Å². The van der Waals surface area contributed by atoms with Gasteiger partial charge >= 0.3 is 0 Å². The lowest BCUT2D eigenvalue weighted by atomic mass is 9.89. The molecule has 1 aromatic rings. The number of H-pyrrole nitrogens is 1. The summed E-state index contributed by atoms with van der Waals surface area (Å²) in [6.07, 6.45) is 5.36. The third kappa shape index (κ3) is 0.838. The van der Waals surface area contributed by atoms with Gasteiger partial charge in [-0.2, -0.15) is 5.10 Å². The normalized spacial score (nSPS) is 24.3. The molecule has 2 rings (SSSR count). The average Bonchev–Trinajstić information content (AvgIpc) is 2.33. The quantitative estimate of drug-likeness (QED) is 0.571. The van der Waals surface area contributed by atoms with Crippen LogP contribution in [0, 0.1) is 12.8 Å². The summed E-state index contributed by atoms with van der Waals surface area (Å²) < 4.78 is 0. The molecule has 1 aliphatic carbocycles. The van der Waals surface area contributed by atoms with Gasteiger partial charge in [-0.25, -0.2) is 0 Å². The first-order chi connectivity index (χ1) is 4.86. The van der Waals surface area contributed by atoms with E-state index in [1.165, 1.54) is 17.7 Å². The second-order valence-corrected chi connectivity index (χ2v) is 2.98. The second-order valence-electron chi connectivity index (χ2n) is 2.98. The maximum absolute atomic E-state index is 4.03. The van der Waals surface area contributed by atoms with Crippen molar-refractivity contribution in [2.24, 2.45) is 5.92 Å². The van der Waals surface area contributed by atoms with E-state index in [0.29, 0.717) is 5.92 Å². The van der Waals surface area contributed by atoms with Crippen LogP contribution in [0.2, 0.25) is 0 Å². The Balaban J connectivity index is 2.30. The summed E-state index contributed by atoms with van der Waals surface area (Å²) >= 11 is 0. The molecule has 0 saturated heterocycles. The molecule has 0 fully saturated rings. The Labute approximate surface area is 60.6 Å². The molecule has 2 nitrogen and oxygen atoms in total. The summed E-state index contributed by atoms with van der Waals surface area (Å²) in [6.45, 7) is 4.03. The van der Waals surface area contributed by atoms with E-state index in [1.807, 2.05) is 6.20 Å². The van der Waals surface area contributed by atoms with E-state index >= 15 is 0 Å². The summed E-state index contributed by atoms with van der Waals surface area (Å²) in [5.74, 6) is 0.602. The van der Waals surface area contributed by atoms with E-state index in [2.05, 4.69) is 17.1 Å². The Morgan fingerprint density at radius 1 is 1.70 bits per heavy atom. The summed E-state index contributed by atoms with van der Waals surface area (Å²) in [7, 11) is 0. The molecule has 0 bridgehead atoms. The number of hydrogen-bond donors (Lipinski definition) is 1. The topological polar surface area (TPSA) is 28.7 Å². The van der Waals surface area contributed by atoms with Crippen LogP contribution >= 0.6 is 0 Å². The van der Waals surface area contributed by atoms with Gasteiger partial charge in [-0.1, -0.05) is 0 Å². The zero-order valence-corrected chi connectivity index (χ0v) is 5.93. The van der Waals surface area contributed by atoms with Crippen molar-refractivity contribution in [1.29, 1.82) is 0 Å². The highest BCUT2D eigenvalue weighted by Crippen LogP contribution is 2.22. The van der Waals surface area contributed by atoms with Crippen LogP contribution in [-0.4, -0.2) is 10.2 Å². The van der Waals surface area contributed by atoms with E-state index in [1.54, 1.807) is 0 Å². The van der Waals surface area contributed by atoms with E-state index in [-0.39, 0.29) is 0 Å². The third-order valence-electron chi connectivity index (χ3n) is 2.12. The predicted molar refractivity (Wildman–Crippen MR) is 39.5 cm³/mol. The summed E-state index contributed by atoms with van der Waals surface area (Å²) in [6, 6.07) is 0. The number of aryl methyl sites for hydroxylation is 1. The number of nitrogens with zero attached hydrogens (tertiary/aromatic N) is 1. The van der Waals surface area contributed by atoms with Crippen molar-refractivity contribution in [3.63, 3.8) is 0 Å². The number of nitrogens with one attached hydrogen (secondary N) is 1. The van der Waals surface area contributed by atoms with Crippen LogP contribution in [0.1, 0.15) is 17.7 Å². The van der Waals surface area contributed by atoms with Crippen LogP contribution in [0.3, 0.4) is 0 Å². The van der Waals surface area contributed by atoms with Crippen LogP contribution in [0.15, 0.2) is 6.20 Å². The molecule has 1 radical (unpaired) electrons. The minimum absolute atomic E-state index is 0.602. The van der Waals surface area contributed by atoms with Gasteiger partial charge in [0, 0.05) is 5.69 Å². The van der Waals surface area contributed by atoms with E-state index < -0.39 is 0 Å². The highest BCUT2D eigenvalue weighted by Gasteiger charge is 2.15. The molecule has 1 unspecified atom stereocenters. The molecule has 10 heavy (non-hydrogen) atoms. The number of fused-ring (bicyclic) bond motifs is 1. The van der Waals surface area contributed by atoms with Crippen LogP contribution in [0.5, 0.6) is 0 Å². The maximum Gasteiger partial charge on any atom is 0.0522 e. The Kier molecular flexibility index (Phi) is 1.26. The molecule has 1 N–H and O–H groups in total. The lowest BCUT2D eigenvalue weighted by molar-refractivity contribution is 0.545. The molecule has 0 spiro atoms.